The Morgan fingerprint density at radius 1 is 0.892 bits per heavy atom. The molecule has 188 valence electrons. The summed E-state index contributed by atoms with van der Waals surface area (Å²) in [5, 5.41) is 5.62. The third-order valence-corrected chi connectivity index (χ3v) is 6.96. The van der Waals surface area contributed by atoms with E-state index in [1.54, 1.807) is 49.0 Å². The topological polar surface area (TPSA) is 94.4 Å². The summed E-state index contributed by atoms with van der Waals surface area (Å²) in [5.41, 5.74) is 3.41. The van der Waals surface area contributed by atoms with E-state index < -0.39 is 5.91 Å². The second kappa shape index (κ2) is 9.46. The number of carbonyl (C=O) groups excluding carboxylic acids is 2. The summed E-state index contributed by atoms with van der Waals surface area (Å²) in [4.78, 5) is 39.3. The van der Waals surface area contributed by atoms with Crippen molar-refractivity contribution in [2.24, 2.45) is 7.05 Å². The van der Waals surface area contributed by atoms with Gasteiger partial charge in [0.05, 0.1) is 16.9 Å². The average molecular weight is 497 g/mol. The number of hydrogen-bond donors (Lipinski definition) is 2. The fourth-order valence-corrected chi connectivity index (χ4v) is 4.60. The molecule has 2 atom stereocenters. The molecule has 0 saturated carbocycles. The van der Waals surface area contributed by atoms with Crippen LogP contribution < -0.4 is 20.9 Å². The molecule has 0 aliphatic carbocycles. The van der Waals surface area contributed by atoms with E-state index in [0.29, 0.717) is 33.9 Å². The molecule has 0 radical (unpaired) electrons. The van der Waals surface area contributed by atoms with Gasteiger partial charge in [0, 0.05) is 29.8 Å². The Morgan fingerprint density at radius 3 is 2.38 bits per heavy atom. The Morgan fingerprint density at radius 2 is 1.62 bits per heavy atom. The monoisotopic (exact) mass is 496 g/mol. The van der Waals surface area contributed by atoms with Crippen LogP contribution >= 0.6 is 0 Å². The zero-order chi connectivity index (χ0) is 26.3. The second-order valence-corrected chi connectivity index (χ2v) is 9.26. The molecule has 8 heteroatoms. The van der Waals surface area contributed by atoms with Crippen LogP contribution in [0.5, 0.6) is 5.75 Å². The summed E-state index contributed by atoms with van der Waals surface area (Å²) in [7, 11) is 1.76. The number of ether oxygens (including phenoxy) is 1. The summed E-state index contributed by atoms with van der Waals surface area (Å²) in [5.74, 6) is 0.0277. The summed E-state index contributed by atoms with van der Waals surface area (Å²) in [6, 6.07) is 21.4. The highest BCUT2D eigenvalue weighted by Crippen LogP contribution is 2.40. The predicted octanol–water partition coefficient (Wildman–Crippen LogP) is 4.87. The molecule has 8 nitrogen and oxygen atoms in total. The Labute approximate surface area is 214 Å². The van der Waals surface area contributed by atoms with Crippen LogP contribution in [0.15, 0.2) is 77.6 Å². The number of nitrogens with zero attached hydrogens (tertiary/aromatic N) is 2. The quantitative estimate of drug-likeness (QED) is 0.412. The van der Waals surface area contributed by atoms with Gasteiger partial charge in [0.2, 0.25) is 0 Å². The molecule has 0 spiro atoms. The normalized spacial score (nSPS) is 16.1. The van der Waals surface area contributed by atoms with Crippen LogP contribution in [0.2, 0.25) is 0 Å². The molecule has 0 unspecified atom stereocenters. The minimum absolute atomic E-state index is 0.0103. The van der Waals surface area contributed by atoms with Crippen molar-refractivity contribution in [2.75, 3.05) is 10.6 Å². The van der Waals surface area contributed by atoms with Gasteiger partial charge in [-0.3, -0.25) is 19.1 Å². The van der Waals surface area contributed by atoms with Gasteiger partial charge >= 0.3 is 0 Å². The second-order valence-electron chi connectivity index (χ2n) is 9.26. The Hall–Kier alpha value is -4.59. The molecular weight excluding hydrogens is 468 g/mol. The minimum Gasteiger partial charge on any atom is -0.489 e. The van der Waals surface area contributed by atoms with Crippen molar-refractivity contribution in [3.8, 4) is 11.4 Å². The number of anilines is 2. The highest BCUT2D eigenvalue weighted by Gasteiger charge is 2.31. The van der Waals surface area contributed by atoms with Crippen LogP contribution in [-0.4, -0.2) is 27.3 Å². The van der Waals surface area contributed by atoms with Crippen molar-refractivity contribution >= 4 is 23.2 Å². The maximum Gasteiger partial charge on any atom is 0.295 e. The zero-order valence-corrected chi connectivity index (χ0v) is 21.1. The number of carbonyl (C=O) groups is 2. The van der Waals surface area contributed by atoms with Crippen molar-refractivity contribution in [2.45, 2.75) is 32.8 Å². The number of amides is 2. The highest BCUT2D eigenvalue weighted by molar-refractivity contribution is 6.08. The zero-order valence-electron chi connectivity index (χ0n) is 21.1. The van der Waals surface area contributed by atoms with Crippen molar-refractivity contribution < 1.29 is 14.3 Å². The van der Waals surface area contributed by atoms with Gasteiger partial charge in [0.15, 0.2) is 0 Å². The van der Waals surface area contributed by atoms with Crippen molar-refractivity contribution in [3.05, 3.63) is 106 Å². The Kier molecular flexibility index (Phi) is 6.17. The Balaban J connectivity index is 1.37. The van der Waals surface area contributed by atoms with E-state index >= 15 is 0 Å². The third kappa shape index (κ3) is 4.31. The lowest BCUT2D eigenvalue weighted by Crippen LogP contribution is -2.23. The van der Waals surface area contributed by atoms with Crippen LogP contribution in [0.3, 0.4) is 0 Å². The Bertz CT molecular complexity index is 1570. The van der Waals surface area contributed by atoms with Crippen molar-refractivity contribution in [3.63, 3.8) is 0 Å². The van der Waals surface area contributed by atoms with Gasteiger partial charge in [-0.1, -0.05) is 43.3 Å². The molecule has 2 N–H and O–H groups in total. The average Bonchev–Trinajstić information content (AvgIpc) is 3.31. The van der Waals surface area contributed by atoms with E-state index in [-0.39, 0.29) is 29.2 Å². The number of para-hydroxylation sites is 2. The number of nitrogens with one attached hydrogen (secondary N) is 2. The van der Waals surface area contributed by atoms with Crippen LogP contribution in [0, 0.1) is 6.92 Å². The van der Waals surface area contributed by atoms with Crippen molar-refractivity contribution in [1.82, 2.24) is 9.36 Å². The molecular formula is C29H28N4O4. The molecule has 2 amide bonds. The highest BCUT2D eigenvalue weighted by atomic mass is 16.5. The summed E-state index contributed by atoms with van der Waals surface area (Å²) in [6.07, 6.45) is -0.0103. The maximum absolute atomic E-state index is 13.1. The maximum atomic E-state index is 13.1. The molecule has 0 bridgehead atoms. The smallest absolute Gasteiger partial charge is 0.295 e. The van der Waals surface area contributed by atoms with E-state index in [1.807, 2.05) is 49.4 Å². The van der Waals surface area contributed by atoms with Gasteiger partial charge in [-0.15, -0.1) is 0 Å². The summed E-state index contributed by atoms with van der Waals surface area (Å²) >= 11 is 0. The first-order valence-corrected chi connectivity index (χ1v) is 12.1. The lowest BCUT2D eigenvalue weighted by molar-refractivity contribution is 0.101. The molecule has 1 aliphatic rings. The lowest BCUT2D eigenvalue weighted by Gasteiger charge is -2.11. The summed E-state index contributed by atoms with van der Waals surface area (Å²) in [6.45, 7) is 5.83. The van der Waals surface area contributed by atoms with E-state index in [9.17, 15) is 14.4 Å². The molecule has 3 aromatic carbocycles. The fraction of sp³-hybridized carbons (Fsp3) is 0.207. The molecule has 2 heterocycles. The number of fused-ring (bicyclic) bond motifs is 1. The molecule has 37 heavy (non-hydrogen) atoms. The van der Waals surface area contributed by atoms with E-state index in [4.69, 9.17) is 4.74 Å². The number of aromatic nitrogens is 2. The standard InChI is InChI=1S/C29H28N4O4/c1-17-19(3)37-26-23(17)14-9-15-24(26)28(35)30-21-11-8-10-20(16-21)27(34)31-25-18(2)32(4)33(29(25)36)22-12-6-5-7-13-22/h5-17,19H,1-4H3,(H,30,35)(H,31,34)/t17-,19-/m0/s1. The molecule has 1 aromatic heterocycles. The first-order chi connectivity index (χ1) is 17.8. The van der Waals surface area contributed by atoms with E-state index in [0.717, 1.165) is 5.56 Å². The molecule has 0 saturated heterocycles. The minimum atomic E-state index is -0.450. The van der Waals surface area contributed by atoms with Gasteiger partial charge in [-0.2, -0.15) is 0 Å². The van der Waals surface area contributed by atoms with E-state index in [2.05, 4.69) is 17.6 Å². The number of benzene rings is 3. The largest absolute Gasteiger partial charge is 0.489 e. The fourth-order valence-electron chi connectivity index (χ4n) is 4.60. The third-order valence-electron chi connectivity index (χ3n) is 6.96. The van der Waals surface area contributed by atoms with Gasteiger partial charge in [-0.05, 0) is 50.2 Å². The first kappa shape index (κ1) is 24.1. The van der Waals surface area contributed by atoms with E-state index in [1.165, 1.54) is 4.68 Å². The van der Waals surface area contributed by atoms with Gasteiger partial charge < -0.3 is 15.4 Å². The van der Waals surface area contributed by atoms with Crippen LogP contribution in [0.25, 0.3) is 5.69 Å². The van der Waals surface area contributed by atoms with Gasteiger partial charge in [0.25, 0.3) is 17.4 Å². The number of hydrogen-bond acceptors (Lipinski definition) is 4. The predicted molar refractivity (Wildman–Crippen MR) is 143 cm³/mol. The number of rotatable bonds is 5. The SMILES string of the molecule is Cc1c(NC(=O)c2cccc(NC(=O)c3cccc4c3O[C@@H](C)[C@@H]4C)c2)c(=O)n(-c2ccccc2)n1C. The van der Waals surface area contributed by atoms with Crippen molar-refractivity contribution in [1.29, 1.82) is 0 Å². The lowest BCUT2D eigenvalue weighted by atomic mass is 9.97. The van der Waals surface area contributed by atoms with Crippen LogP contribution in [0.1, 0.15) is 51.7 Å². The van der Waals surface area contributed by atoms with Crippen LogP contribution in [-0.2, 0) is 7.05 Å². The summed E-state index contributed by atoms with van der Waals surface area (Å²) < 4.78 is 9.15. The molecule has 4 aromatic rings. The first-order valence-electron chi connectivity index (χ1n) is 12.1. The van der Waals surface area contributed by atoms with Gasteiger partial charge in [-0.25, -0.2) is 4.68 Å². The molecule has 5 rings (SSSR count). The molecule has 1 aliphatic heterocycles. The van der Waals surface area contributed by atoms with Gasteiger partial charge in [0.1, 0.15) is 17.5 Å². The van der Waals surface area contributed by atoms with Crippen LogP contribution in [0.4, 0.5) is 11.4 Å². The molecule has 0 fully saturated rings.